The molecule has 0 fully saturated rings. The Kier molecular flexibility index (Phi) is 5.18. The predicted octanol–water partition coefficient (Wildman–Crippen LogP) is 2.39. The molecule has 0 saturated heterocycles. The molecule has 2 heterocycles. The average Bonchev–Trinajstić information content (AvgIpc) is 3.01. The highest BCUT2D eigenvalue weighted by atomic mass is 16.5. The molecule has 6 heteroatoms. The van der Waals surface area contributed by atoms with Gasteiger partial charge in [0, 0.05) is 18.9 Å². The van der Waals surface area contributed by atoms with Crippen molar-refractivity contribution in [1.29, 1.82) is 0 Å². The van der Waals surface area contributed by atoms with Crippen LogP contribution >= 0.6 is 0 Å². The molecule has 3 rings (SSSR count). The first kappa shape index (κ1) is 16.8. The van der Waals surface area contributed by atoms with Gasteiger partial charge in [0.1, 0.15) is 5.75 Å². The topological polar surface area (TPSA) is 64.9 Å². The second-order valence-electron chi connectivity index (χ2n) is 5.72. The fourth-order valence-electron chi connectivity index (χ4n) is 2.56. The minimum atomic E-state index is -0.154. The van der Waals surface area contributed by atoms with Gasteiger partial charge in [-0.2, -0.15) is 0 Å². The van der Waals surface area contributed by atoms with Crippen LogP contribution in [0, 0.1) is 6.92 Å². The quantitative estimate of drug-likeness (QED) is 0.718. The molecule has 0 bridgehead atoms. The molecule has 0 aliphatic carbocycles. The van der Waals surface area contributed by atoms with Crippen LogP contribution in [0.25, 0.3) is 5.65 Å². The Balaban J connectivity index is 1.47. The normalized spacial score (nSPS) is 10.6. The number of carbonyl (C=O) groups is 1. The first-order valence-corrected chi connectivity index (χ1v) is 8.12. The van der Waals surface area contributed by atoms with E-state index in [-0.39, 0.29) is 12.5 Å². The Morgan fingerprint density at radius 1 is 1.24 bits per heavy atom. The Labute approximate surface area is 146 Å². The summed E-state index contributed by atoms with van der Waals surface area (Å²) in [5.41, 5.74) is 2.76. The van der Waals surface area contributed by atoms with Gasteiger partial charge in [-0.1, -0.05) is 12.1 Å². The molecule has 0 aliphatic heterocycles. The van der Waals surface area contributed by atoms with E-state index < -0.39 is 0 Å². The predicted molar refractivity (Wildman–Crippen MR) is 95.1 cm³/mol. The van der Waals surface area contributed by atoms with E-state index in [1.807, 2.05) is 60.1 Å². The number of fused-ring (bicyclic) bond motifs is 1. The zero-order valence-corrected chi connectivity index (χ0v) is 14.4. The third kappa shape index (κ3) is 4.29. The molecular formula is C19H21N3O3. The summed E-state index contributed by atoms with van der Waals surface area (Å²) in [5, 5.41) is 2.86. The van der Waals surface area contributed by atoms with Crippen molar-refractivity contribution in [2.24, 2.45) is 0 Å². The number of hydrogen-bond donors (Lipinski definition) is 1. The Morgan fingerprint density at radius 2 is 2.04 bits per heavy atom. The SMILES string of the molecule is COc1ccc(CCNC(=O)COc2cccn3cc(C)nc23)cc1. The second-order valence-corrected chi connectivity index (χ2v) is 5.72. The maximum absolute atomic E-state index is 12.0. The van der Waals surface area contributed by atoms with E-state index >= 15 is 0 Å². The Bertz CT molecular complexity index is 856. The zero-order chi connectivity index (χ0) is 17.6. The number of amides is 1. The number of hydrogen-bond acceptors (Lipinski definition) is 4. The summed E-state index contributed by atoms with van der Waals surface area (Å²) < 4.78 is 12.6. The summed E-state index contributed by atoms with van der Waals surface area (Å²) in [6, 6.07) is 11.5. The summed E-state index contributed by atoms with van der Waals surface area (Å²) in [6.07, 6.45) is 4.57. The van der Waals surface area contributed by atoms with Gasteiger partial charge in [0.05, 0.1) is 12.8 Å². The molecule has 1 N–H and O–H groups in total. The van der Waals surface area contributed by atoms with Crippen molar-refractivity contribution < 1.29 is 14.3 Å². The van der Waals surface area contributed by atoms with Gasteiger partial charge < -0.3 is 19.2 Å². The van der Waals surface area contributed by atoms with E-state index in [4.69, 9.17) is 9.47 Å². The van der Waals surface area contributed by atoms with Crippen LogP contribution in [0.4, 0.5) is 0 Å². The lowest BCUT2D eigenvalue weighted by molar-refractivity contribution is -0.123. The highest BCUT2D eigenvalue weighted by Gasteiger charge is 2.08. The van der Waals surface area contributed by atoms with Gasteiger partial charge in [-0.25, -0.2) is 4.98 Å². The van der Waals surface area contributed by atoms with Crippen LogP contribution < -0.4 is 14.8 Å². The number of methoxy groups -OCH3 is 1. The van der Waals surface area contributed by atoms with Crippen LogP contribution in [0.5, 0.6) is 11.5 Å². The average molecular weight is 339 g/mol. The summed E-state index contributed by atoms with van der Waals surface area (Å²) in [4.78, 5) is 16.4. The van der Waals surface area contributed by atoms with Crippen LogP contribution in [0.1, 0.15) is 11.3 Å². The van der Waals surface area contributed by atoms with E-state index in [9.17, 15) is 4.79 Å². The molecule has 130 valence electrons. The summed E-state index contributed by atoms with van der Waals surface area (Å²) in [7, 11) is 1.64. The maximum atomic E-state index is 12.0. The molecule has 0 aliphatic rings. The number of rotatable bonds is 7. The number of aromatic nitrogens is 2. The summed E-state index contributed by atoms with van der Waals surface area (Å²) in [5.74, 6) is 1.27. The third-order valence-electron chi connectivity index (χ3n) is 3.82. The van der Waals surface area contributed by atoms with Gasteiger partial charge >= 0.3 is 0 Å². The highest BCUT2D eigenvalue weighted by molar-refractivity contribution is 5.77. The lowest BCUT2D eigenvalue weighted by Gasteiger charge is -2.08. The van der Waals surface area contributed by atoms with E-state index in [1.165, 1.54) is 0 Å². The third-order valence-corrected chi connectivity index (χ3v) is 3.82. The van der Waals surface area contributed by atoms with Crippen molar-refractivity contribution in [3.8, 4) is 11.5 Å². The van der Waals surface area contributed by atoms with Gasteiger partial charge in [-0.05, 0) is 43.2 Å². The largest absolute Gasteiger partial charge is 0.497 e. The molecule has 0 atom stereocenters. The summed E-state index contributed by atoms with van der Waals surface area (Å²) >= 11 is 0. The van der Waals surface area contributed by atoms with Crippen molar-refractivity contribution >= 4 is 11.6 Å². The highest BCUT2D eigenvalue weighted by Crippen LogP contribution is 2.18. The summed E-state index contributed by atoms with van der Waals surface area (Å²) in [6.45, 7) is 2.44. The van der Waals surface area contributed by atoms with Crippen molar-refractivity contribution in [2.45, 2.75) is 13.3 Å². The lowest BCUT2D eigenvalue weighted by atomic mass is 10.1. The maximum Gasteiger partial charge on any atom is 0.257 e. The van der Waals surface area contributed by atoms with Crippen LogP contribution in [-0.4, -0.2) is 35.6 Å². The molecule has 3 aromatic rings. The molecule has 0 radical (unpaired) electrons. The Hall–Kier alpha value is -3.02. The fourth-order valence-corrected chi connectivity index (χ4v) is 2.56. The molecule has 2 aromatic heterocycles. The Morgan fingerprint density at radius 3 is 2.80 bits per heavy atom. The number of benzene rings is 1. The first-order valence-electron chi connectivity index (χ1n) is 8.12. The number of carbonyl (C=O) groups excluding carboxylic acids is 1. The minimum absolute atomic E-state index is 0.0335. The smallest absolute Gasteiger partial charge is 0.257 e. The number of aryl methyl sites for hydroxylation is 1. The van der Waals surface area contributed by atoms with E-state index in [1.54, 1.807) is 7.11 Å². The first-order chi connectivity index (χ1) is 12.2. The standard InChI is InChI=1S/C19H21N3O3/c1-14-12-22-11-3-4-17(19(22)21-14)25-13-18(23)20-10-9-15-5-7-16(24-2)8-6-15/h3-8,11-12H,9-10,13H2,1-2H3,(H,20,23). The number of nitrogens with zero attached hydrogens (tertiary/aromatic N) is 2. The van der Waals surface area contributed by atoms with Crippen molar-refractivity contribution in [3.63, 3.8) is 0 Å². The van der Waals surface area contributed by atoms with Crippen LogP contribution in [0.15, 0.2) is 48.8 Å². The molecule has 0 unspecified atom stereocenters. The number of nitrogens with one attached hydrogen (secondary N) is 1. The molecular weight excluding hydrogens is 318 g/mol. The molecule has 1 aromatic carbocycles. The van der Waals surface area contributed by atoms with Crippen molar-refractivity contribution in [2.75, 3.05) is 20.3 Å². The van der Waals surface area contributed by atoms with E-state index in [0.29, 0.717) is 17.9 Å². The van der Waals surface area contributed by atoms with Crippen LogP contribution in [0.3, 0.4) is 0 Å². The number of ether oxygens (including phenoxy) is 2. The monoisotopic (exact) mass is 339 g/mol. The van der Waals surface area contributed by atoms with Gasteiger partial charge in [-0.15, -0.1) is 0 Å². The van der Waals surface area contributed by atoms with Gasteiger partial charge in [-0.3, -0.25) is 4.79 Å². The molecule has 0 saturated carbocycles. The minimum Gasteiger partial charge on any atom is -0.497 e. The molecule has 25 heavy (non-hydrogen) atoms. The van der Waals surface area contributed by atoms with E-state index in [0.717, 1.165) is 23.4 Å². The second kappa shape index (κ2) is 7.70. The molecule has 0 spiro atoms. The molecule has 1 amide bonds. The van der Waals surface area contributed by atoms with Crippen molar-refractivity contribution in [1.82, 2.24) is 14.7 Å². The lowest BCUT2D eigenvalue weighted by Crippen LogP contribution is -2.30. The fraction of sp³-hybridized carbons (Fsp3) is 0.263. The molecule has 6 nitrogen and oxygen atoms in total. The van der Waals surface area contributed by atoms with Crippen molar-refractivity contribution in [3.05, 3.63) is 60.0 Å². The van der Waals surface area contributed by atoms with Gasteiger partial charge in [0.15, 0.2) is 18.0 Å². The van der Waals surface area contributed by atoms with E-state index in [2.05, 4.69) is 10.3 Å². The van der Waals surface area contributed by atoms with Gasteiger partial charge in [0.25, 0.3) is 5.91 Å². The number of imidazole rings is 1. The number of pyridine rings is 1. The van der Waals surface area contributed by atoms with Crippen LogP contribution in [0.2, 0.25) is 0 Å². The zero-order valence-electron chi connectivity index (χ0n) is 14.4. The van der Waals surface area contributed by atoms with Crippen LogP contribution in [-0.2, 0) is 11.2 Å². The van der Waals surface area contributed by atoms with Gasteiger partial charge in [0.2, 0.25) is 0 Å².